The van der Waals surface area contributed by atoms with E-state index in [4.69, 9.17) is 16.8 Å². The molecular formula is C28H21ClN5O5S-. The van der Waals surface area contributed by atoms with Gasteiger partial charge in [-0.2, -0.15) is 0 Å². The van der Waals surface area contributed by atoms with Crippen molar-refractivity contribution in [1.29, 1.82) is 0 Å². The number of rotatable bonds is 7. The number of nitrogens with one attached hydrogen (secondary N) is 2. The van der Waals surface area contributed by atoms with Gasteiger partial charge in [0.15, 0.2) is 5.13 Å². The van der Waals surface area contributed by atoms with E-state index in [0.29, 0.717) is 33.3 Å². The number of aromatic nitrogens is 1. The van der Waals surface area contributed by atoms with E-state index in [9.17, 15) is 19.6 Å². The molecule has 0 aliphatic carbocycles. The molecule has 0 bridgehead atoms. The van der Waals surface area contributed by atoms with Crippen LogP contribution in [0.2, 0.25) is 0 Å². The third kappa shape index (κ3) is 5.31. The fraction of sp³-hybridized carbons (Fsp3) is 0.0714. The van der Waals surface area contributed by atoms with Crippen LogP contribution in [0, 0.1) is 19.1 Å². The van der Waals surface area contributed by atoms with Gasteiger partial charge in [0.1, 0.15) is 10.7 Å². The molecule has 3 N–H and O–H groups in total. The summed E-state index contributed by atoms with van der Waals surface area (Å²) in [6.07, 6.45) is 0. The van der Waals surface area contributed by atoms with E-state index in [-0.39, 0.29) is 21.6 Å². The third-order valence-electron chi connectivity index (χ3n) is 6.30. The van der Waals surface area contributed by atoms with Crippen molar-refractivity contribution in [3.05, 3.63) is 105 Å². The lowest BCUT2D eigenvalue weighted by molar-refractivity contribution is -0.120. The Bertz CT molecular complexity index is 1670. The molecule has 3 amide bonds. The Balaban J connectivity index is 1.24. The zero-order valence-corrected chi connectivity index (χ0v) is 22.7. The molecule has 202 valence electrons. The number of thiazole rings is 1. The van der Waals surface area contributed by atoms with Crippen molar-refractivity contribution in [2.75, 3.05) is 20.8 Å². The van der Waals surface area contributed by atoms with Gasteiger partial charge in [0.25, 0.3) is 17.7 Å². The van der Waals surface area contributed by atoms with E-state index in [0.717, 1.165) is 16.0 Å². The molecular weight excluding hydrogens is 554 g/mol. The van der Waals surface area contributed by atoms with Crippen LogP contribution in [0.4, 0.5) is 22.2 Å². The fourth-order valence-electron chi connectivity index (χ4n) is 3.95. The minimum atomic E-state index is -0.618. The number of carbonyl (C=O) groups is 3. The molecule has 0 unspecified atom stereocenters. The van der Waals surface area contributed by atoms with Crippen molar-refractivity contribution >= 4 is 62.9 Å². The summed E-state index contributed by atoms with van der Waals surface area (Å²) in [5, 5.41) is 27.2. The summed E-state index contributed by atoms with van der Waals surface area (Å²) in [7, 11) is 0. The molecule has 3 aromatic carbocycles. The molecule has 0 saturated carbocycles. The largest absolute Gasteiger partial charge is 0.733 e. The van der Waals surface area contributed by atoms with Gasteiger partial charge < -0.3 is 15.8 Å². The van der Waals surface area contributed by atoms with Crippen molar-refractivity contribution in [2.24, 2.45) is 0 Å². The Kier molecular flexibility index (Phi) is 7.37. The molecule has 1 aromatic heterocycles. The van der Waals surface area contributed by atoms with E-state index in [1.165, 1.54) is 23.5 Å². The number of benzene rings is 3. The summed E-state index contributed by atoms with van der Waals surface area (Å²) < 4.78 is 0. The third-order valence-corrected chi connectivity index (χ3v) is 7.41. The Morgan fingerprint density at radius 2 is 1.70 bits per heavy atom. The molecule has 0 saturated heterocycles. The number of carbonyl (C=O) groups excluding carboxylic acids is 3. The highest BCUT2D eigenvalue weighted by Crippen LogP contribution is 2.31. The normalized spacial score (nSPS) is 13.2. The summed E-state index contributed by atoms with van der Waals surface area (Å²) in [5.74, 6) is -1.58. The smallest absolute Gasteiger partial charge is 0.283 e. The molecule has 1 aliphatic heterocycles. The van der Waals surface area contributed by atoms with Crippen LogP contribution in [0.15, 0.2) is 82.8 Å². The van der Waals surface area contributed by atoms with Gasteiger partial charge in [-0.25, -0.2) is 9.88 Å². The second kappa shape index (κ2) is 10.9. The van der Waals surface area contributed by atoms with Crippen LogP contribution < -0.4 is 20.8 Å². The zero-order chi connectivity index (χ0) is 28.6. The van der Waals surface area contributed by atoms with E-state index < -0.39 is 17.7 Å². The van der Waals surface area contributed by atoms with Gasteiger partial charge in [-0.3, -0.25) is 24.9 Å². The first kappa shape index (κ1) is 27.0. The van der Waals surface area contributed by atoms with Crippen LogP contribution >= 0.6 is 22.9 Å². The van der Waals surface area contributed by atoms with E-state index in [1.54, 1.807) is 53.9 Å². The number of hydrogen-bond donors (Lipinski definition) is 3. The number of aryl methyl sites for hydroxylation is 2. The van der Waals surface area contributed by atoms with E-state index in [2.05, 4.69) is 15.6 Å². The van der Waals surface area contributed by atoms with Gasteiger partial charge in [-0.15, -0.1) is 11.3 Å². The lowest BCUT2D eigenvalue weighted by atomic mass is 10.1. The lowest BCUT2D eigenvalue weighted by Crippen LogP contribution is -2.32. The van der Waals surface area contributed by atoms with Gasteiger partial charge in [0.05, 0.1) is 17.1 Å². The zero-order valence-electron chi connectivity index (χ0n) is 21.1. The highest BCUT2D eigenvalue weighted by Gasteiger charge is 2.39. The standard InChI is InChI=1S/C28H21ClN5O5S/c1-15-3-10-21(13-16(15)2)33-26(36)23(29)24(27(33)37)30-19-8-4-18(5-9-19)25(35)32-28-31-22(14-40-28)17-6-11-20(12-7-17)34(38)39/h3-14,30,38H,1-2H3,(H,31,32,35)/q-1. The van der Waals surface area contributed by atoms with Crippen molar-refractivity contribution < 1.29 is 19.6 Å². The predicted molar refractivity (Wildman–Crippen MR) is 154 cm³/mol. The minimum Gasteiger partial charge on any atom is -0.733 e. The molecule has 0 fully saturated rings. The first-order valence-corrected chi connectivity index (χ1v) is 13.1. The molecule has 5 rings (SSSR count). The van der Waals surface area contributed by atoms with Crippen molar-refractivity contribution in [1.82, 2.24) is 4.98 Å². The highest BCUT2D eigenvalue weighted by molar-refractivity contribution is 7.14. The maximum absolute atomic E-state index is 13.1. The molecule has 40 heavy (non-hydrogen) atoms. The summed E-state index contributed by atoms with van der Waals surface area (Å²) in [6.45, 7) is 3.83. The fourth-order valence-corrected chi connectivity index (χ4v) is 4.88. The Morgan fingerprint density at radius 3 is 2.35 bits per heavy atom. The average Bonchev–Trinajstić information content (AvgIpc) is 3.49. The number of anilines is 4. The van der Waals surface area contributed by atoms with E-state index in [1.807, 2.05) is 19.9 Å². The second-order valence-electron chi connectivity index (χ2n) is 8.92. The Labute approximate surface area is 237 Å². The topological polar surface area (TPSA) is 138 Å². The molecule has 4 aromatic rings. The van der Waals surface area contributed by atoms with Crippen molar-refractivity contribution in [3.63, 3.8) is 0 Å². The molecule has 0 atom stereocenters. The molecule has 0 spiro atoms. The van der Waals surface area contributed by atoms with Crippen LogP contribution in [0.25, 0.3) is 11.3 Å². The van der Waals surface area contributed by atoms with Crippen molar-refractivity contribution in [2.45, 2.75) is 13.8 Å². The highest BCUT2D eigenvalue weighted by atomic mass is 35.5. The van der Waals surface area contributed by atoms with Gasteiger partial charge in [-0.1, -0.05) is 29.8 Å². The number of halogens is 1. The van der Waals surface area contributed by atoms with Crippen LogP contribution in [0.5, 0.6) is 0 Å². The summed E-state index contributed by atoms with van der Waals surface area (Å²) in [5.41, 5.74) is 4.56. The maximum Gasteiger partial charge on any atom is 0.283 e. The SMILES string of the molecule is Cc1ccc(N2C(=O)C(Cl)=C(Nc3ccc(C(=O)Nc4nc(-c5ccc(N([O-])O)cc5)cs4)cc3)C2=O)cc1C. The number of nitrogens with zero attached hydrogens (tertiary/aromatic N) is 3. The van der Waals surface area contributed by atoms with Crippen LogP contribution in [0.1, 0.15) is 21.5 Å². The van der Waals surface area contributed by atoms with Crippen LogP contribution in [-0.2, 0) is 9.59 Å². The van der Waals surface area contributed by atoms with Gasteiger partial charge in [0.2, 0.25) is 0 Å². The van der Waals surface area contributed by atoms with Crippen molar-refractivity contribution in [3.8, 4) is 11.3 Å². The van der Waals surface area contributed by atoms with Crippen LogP contribution in [-0.4, -0.2) is 27.9 Å². The molecule has 0 radical (unpaired) electrons. The lowest BCUT2D eigenvalue weighted by Gasteiger charge is -2.21. The number of hydrogen-bond acceptors (Lipinski definition) is 9. The second-order valence-corrected chi connectivity index (χ2v) is 10.2. The Morgan fingerprint density at radius 1 is 1.00 bits per heavy atom. The first-order chi connectivity index (χ1) is 19.1. The number of imide groups is 1. The monoisotopic (exact) mass is 574 g/mol. The quantitative estimate of drug-likeness (QED) is 0.186. The summed E-state index contributed by atoms with van der Waals surface area (Å²) in [6, 6.07) is 17.8. The number of amides is 3. The van der Waals surface area contributed by atoms with E-state index >= 15 is 0 Å². The minimum absolute atomic E-state index is 0.0487. The van der Waals surface area contributed by atoms with Gasteiger partial charge in [-0.05, 0) is 73.5 Å². The maximum atomic E-state index is 13.1. The predicted octanol–water partition coefficient (Wildman–Crippen LogP) is 5.81. The molecule has 12 heteroatoms. The Hall–Kier alpha value is -4.55. The van der Waals surface area contributed by atoms with Gasteiger partial charge in [0, 0.05) is 22.2 Å². The van der Waals surface area contributed by atoms with Gasteiger partial charge >= 0.3 is 0 Å². The van der Waals surface area contributed by atoms with Crippen LogP contribution in [0.3, 0.4) is 0 Å². The molecule has 2 heterocycles. The summed E-state index contributed by atoms with van der Waals surface area (Å²) in [4.78, 5) is 44.0. The first-order valence-electron chi connectivity index (χ1n) is 11.9. The molecule has 10 nitrogen and oxygen atoms in total. The molecule has 1 aliphatic rings. The summed E-state index contributed by atoms with van der Waals surface area (Å²) >= 11 is 7.47. The average molecular weight is 575 g/mol.